The lowest BCUT2D eigenvalue weighted by molar-refractivity contribution is -0.141. The molecule has 0 bridgehead atoms. The van der Waals surface area contributed by atoms with Crippen LogP contribution in [0, 0.1) is 0 Å². The van der Waals surface area contributed by atoms with Gasteiger partial charge in [0.25, 0.3) is 0 Å². The molecule has 0 saturated carbocycles. The van der Waals surface area contributed by atoms with Crippen molar-refractivity contribution in [3.8, 4) is 0 Å². The summed E-state index contributed by atoms with van der Waals surface area (Å²) < 4.78 is 26.5. The van der Waals surface area contributed by atoms with E-state index in [9.17, 15) is 13.2 Å². The fourth-order valence-corrected chi connectivity index (χ4v) is 1.30. The van der Waals surface area contributed by atoms with Gasteiger partial charge in [0.15, 0.2) is 9.84 Å². The Kier molecular flexibility index (Phi) is 5.41. The minimum absolute atomic E-state index is 0.103. The number of hydrogen-bond acceptors (Lipinski definition) is 5. The van der Waals surface area contributed by atoms with E-state index in [-0.39, 0.29) is 18.4 Å². The maximum atomic E-state index is 11.4. The van der Waals surface area contributed by atoms with Gasteiger partial charge in [-0.1, -0.05) is 0 Å². The van der Waals surface area contributed by atoms with Crippen molar-refractivity contribution in [2.75, 3.05) is 19.9 Å². The van der Waals surface area contributed by atoms with Gasteiger partial charge in [-0.05, 0) is 20.8 Å². The highest BCUT2D eigenvalue weighted by atomic mass is 32.2. The van der Waals surface area contributed by atoms with E-state index in [2.05, 4.69) is 10.1 Å². The lowest BCUT2D eigenvalue weighted by atomic mass is 10.1. The van der Waals surface area contributed by atoms with Gasteiger partial charge in [-0.25, -0.2) is 8.42 Å². The molecule has 0 fully saturated rings. The molecule has 1 N–H and O–H groups in total. The lowest BCUT2D eigenvalue weighted by Crippen LogP contribution is -2.45. The van der Waals surface area contributed by atoms with E-state index in [4.69, 9.17) is 0 Å². The van der Waals surface area contributed by atoms with Crippen molar-refractivity contribution in [3.05, 3.63) is 0 Å². The molecular weight excluding hydrogens is 230 g/mol. The molecule has 0 aromatic rings. The van der Waals surface area contributed by atoms with E-state index in [1.165, 1.54) is 13.4 Å². The fraction of sp³-hybridized carbons (Fsp3) is 0.900. The summed E-state index contributed by atoms with van der Waals surface area (Å²) in [6, 6.07) is -0.103. The minimum atomic E-state index is -3.11. The average molecular weight is 251 g/mol. The zero-order chi connectivity index (χ0) is 13.0. The Hall–Kier alpha value is -0.620. The number of sulfone groups is 1. The largest absolute Gasteiger partial charge is 0.469 e. The Morgan fingerprint density at radius 3 is 2.31 bits per heavy atom. The van der Waals surface area contributed by atoms with Crippen molar-refractivity contribution in [1.82, 2.24) is 5.32 Å². The van der Waals surface area contributed by atoms with Crippen molar-refractivity contribution in [1.29, 1.82) is 0 Å². The molecule has 0 radical (unpaired) electrons. The second kappa shape index (κ2) is 5.63. The van der Waals surface area contributed by atoms with Gasteiger partial charge >= 0.3 is 5.97 Å². The van der Waals surface area contributed by atoms with E-state index in [1.54, 1.807) is 13.8 Å². The molecule has 0 amide bonds. The SMILES string of the molecule is COC(=O)CC(C)NCC(C)(C)S(C)(=O)=O. The molecule has 96 valence electrons. The third-order valence-electron chi connectivity index (χ3n) is 2.58. The second-order valence-electron chi connectivity index (χ2n) is 4.59. The van der Waals surface area contributed by atoms with Crippen molar-refractivity contribution >= 4 is 15.8 Å². The normalized spacial score (nSPS) is 14.6. The van der Waals surface area contributed by atoms with Crippen LogP contribution >= 0.6 is 0 Å². The number of carbonyl (C=O) groups is 1. The van der Waals surface area contributed by atoms with Gasteiger partial charge < -0.3 is 10.1 Å². The van der Waals surface area contributed by atoms with Crippen molar-refractivity contribution < 1.29 is 17.9 Å². The first-order valence-electron chi connectivity index (χ1n) is 5.10. The predicted molar refractivity (Wildman–Crippen MR) is 63.0 cm³/mol. The quantitative estimate of drug-likeness (QED) is 0.690. The van der Waals surface area contributed by atoms with Crippen LogP contribution in [0.3, 0.4) is 0 Å². The highest BCUT2D eigenvalue weighted by molar-refractivity contribution is 7.92. The van der Waals surface area contributed by atoms with Crippen LogP contribution in [0.2, 0.25) is 0 Å². The number of rotatable bonds is 6. The maximum absolute atomic E-state index is 11.4. The van der Waals surface area contributed by atoms with E-state index >= 15 is 0 Å². The lowest BCUT2D eigenvalue weighted by Gasteiger charge is -2.25. The highest BCUT2D eigenvalue weighted by Crippen LogP contribution is 2.13. The molecule has 0 heterocycles. The Balaban J connectivity index is 4.21. The van der Waals surface area contributed by atoms with Crippen LogP contribution in [0.25, 0.3) is 0 Å². The summed E-state index contributed by atoms with van der Waals surface area (Å²) in [6.07, 6.45) is 1.44. The molecule has 0 saturated heterocycles. The van der Waals surface area contributed by atoms with Crippen LogP contribution < -0.4 is 5.32 Å². The van der Waals surface area contributed by atoms with Gasteiger partial charge in [0.1, 0.15) is 0 Å². The Bertz CT molecular complexity index is 335. The average Bonchev–Trinajstić information content (AvgIpc) is 2.13. The van der Waals surface area contributed by atoms with Gasteiger partial charge in [0.05, 0.1) is 18.3 Å². The molecule has 0 aromatic heterocycles. The molecule has 1 atom stereocenters. The van der Waals surface area contributed by atoms with Crippen LogP contribution in [-0.4, -0.2) is 45.1 Å². The summed E-state index contributed by atoms with van der Waals surface area (Å²) in [6.45, 7) is 5.43. The first-order chi connectivity index (χ1) is 7.10. The summed E-state index contributed by atoms with van der Waals surface area (Å²) in [4.78, 5) is 11.0. The molecular formula is C10H21NO4S. The van der Waals surface area contributed by atoms with Crippen molar-refractivity contribution in [2.45, 2.75) is 38.0 Å². The minimum Gasteiger partial charge on any atom is -0.469 e. The van der Waals surface area contributed by atoms with Crippen LogP contribution in [0.5, 0.6) is 0 Å². The van der Waals surface area contributed by atoms with Gasteiger partial charge in [-0.15, -0.1) is 0 Å². The zero-order valence-corrected chi connectivity index (χ0v) is 11.3. The number of methoxy groups -OCH3 is 1. The number of carbonyl (C=O) groups excluding carboxylic acids is 1. The van der Waals surface area contributed by atoms with E-state index in [0.717, 1.165) is 0 Å². The maximum Gasteiger partial charge on any atom is 0.307 e. The molecule has 0 aliphatic heterocycles. The van der Waals surface area contributed by atoms with Crippen molar-refractivity contribution in [3.63, 3.8) is 0 Å². The molecule has 1 unspecified atom stereocenters. The summed E-state index contributed by atoms with van der Waals surface area (Å²) in [5, 5.41) is 3.01. The Labute approximate surface area is 97.5 Å². The van der Waals surface area contributed by atoms with Crippen LogP contribution in [0.15, 0.2) is 0 Å². The molecule has 0 aliphatic rings. The predicted octanol–water partition coefficient (Wildman–Crippen LogP) is 0.351. The molecule has 0 aliphatic carbocycles. The zero-order valence-electron chi connectivity index (χ0n) is 10.5. The molecule has 0 aromatic carbocycles. The fourth-order valence-electron chi connectivity index (χ4n) is 0.957. The van der Waals surface area contributed by atoms with Crippen LogP contribution in [0.4, 0.5) is 0 Å². The first-order valence-corrected chi connectivity index (χ1v) is 6.99. The number of esters is 1. The topological polar surface area (TPSA) is 72.5 Å². The van der Waals surface area contributed by atoms with Crippen LogP contribution in [0.1, 0.15) is 27.2 Å². The molecule has 5 nitrogen and oxygen atoms in total. The number of hydrogen-bond donors (Lipinski definition) is 1. The standard InChI is InChI=1S/C10H21NO4S/c1-8(6-9(12)15-4)11-7-10(2,3)16(5,13)14/h8,11H,6-7H2,1-5H3. The van der Waals surface area contributed by atoms with E-state index in [0.29, 0.717) is 6.54 Å². The molecule has 0 spiro atoms. The number of nitrogens with one attached hydrogen (secondary N) is 1. The third-order valence-corrected chi connectivity index (χ3v) is 4.73. The van der Waals surface area contributed by atoms with Gasteiger partial charge in [-0.3, -0.25) is 4.79 Å². The second-order valence-corrected chi connectivity index (χ2v) is 7.24. The van der Waals surface area contributed by atoms with E-state index < -0.39 is 14.6 Å². The summed E-state index contributed by atoms with van der Waals surface area (Å²) in [7, 11) is -1.78. The van der Waals surface area contributed by atoms with Gasteiger partial charge in [0.2, 0.25) is 0 Å². The van der Waals surface area contributed by atoms with Crippen molar-refractivity contribution in [2.24, 2.45) is 0 Å². The third kappa shape index (κ3) is 4.94. The monoisotopic (exact) mass is 251 g/mol. The number of ether oxygens (including phenoxy) is 1. The van der Waals surface area contributed by atoms with Gasteiger partial charge in [-0.2, -0.15) is 0 Å². The Morgan fingerprint density at radius 2 is 1.94 bits per heavy atom. The highest BCUT2D eigenvalue weighted by Gasteiger charge is 2.30. The van der Waals surface area contributed by atoms with E-state index in [1.807, 2.05) is 6.92 Å². The smallest absolute Gasteiger partial charge is 0.307 e. The summed E-state index contributed by atoms with van der Waals surface area (Å²) >= 11 is 0. The molecule has 0 rings (SSSR count). The Morgan fingerprint density at radius 1 is 1.44 bits per heavy atom. The first kappa shape index (κ1) is 15.4. The van der Waals surface area contributed by atoms with Crippen LogP contribution in [-0.2, 0) is 19.4 Å². The molecule has 6 heteroatoms. The summed E-state index contributed by atoms with van der Waals surface area (Å²) in [5.41, 5.74) is 0. The molecule has 16 heavy (non-hydrogen) atoms. The van der Waals surface area contributed by atoms with Gasteiger partial charge in [0, 0.05) is 18.8 Å². The summed E-state index contributed by atoms with van der Waals surface area (Å²) in [5.74, 6) is -0.308.